The molecule has 3 rings (SSSR count). The molecule has 0 N–H and O–H groups in total. The first-order chi connectivity index (χ1) is 11.5. The van der Waals surface area contributed by atoms with Crippen LogP contribution in [0, 0.1) is 0 Å². The molecule has 2 aromatic rings. The SMILES string of the molecule is CCN(Cc1ccc2c(c1)OCCO2)S(=O)(=O)c1ccccc1Cl. The van der Waals surface area contributed by atoms with Gasteiger partial charge in [0.25, 0.3) is 0 Å². The lowest BCUT2D eigenvalue weighted by atomic mass is 10.2. The van der Waals surface area contributed by atoms with Gasteiger partial charge in [-0.15, -0.1) is 0 Å². The third kappa shape index (κ3) is 3.36. The van der Waals surface area contributed by atoms with Gasteiger partial charge in [-0.05, 0) is 29.8 Å². The smallest absolute Gasteiger partial charge is 0.244 e. The van der Waals surface area contributed by atoms with E-state index in [0.29, 0.717) is 31.3 Å². The molecule has 0 fully saturated rings. The van der Waals surface area contributed by atoms with E-state index >= 15 is 0 Å². The summed E-state index contributed by atoms with van der Waals surface area (Å²) in [5.41, 5.74) is 0.830. The lowest BCUT2D eigenvalue weighted by Crippen LogP contribution is -2.30. The van der Waals surface area contributed by atoms with E-state index in [1.807, 2.05) is 12.1 Å². The van der Waals surface area contributed by atoms with Crippen LogP contribution in [-0.2, 0) is 16.6 Å². The predicted octanol–water partition coefficient (Wildman–Crippen LogP) is 3.32. The average Bonchev–Trinajstić information content (AvgIpc) is 2.59. The van der Waals surface area contributed by atoms with Crippen molar-refractivity contribution in [1.29, 1.82) is 0 Å². The number of benzene rings is 2. The molecule has 1 aliphatic rings. The third-order valence-corrected chi connectivity index (χ3v) is 6.19. The van der Waals surface area contributed by atoms with Crippen LogP contribution in [0.15, 0.2) is 47.4 Å². The monoisotopic (exact) mass is 367 g/mol. The summed E-state index contributed by atoms with van der Waals surface area (Å²) in [6, 6.07) is 11.9. The summed E-state index contributed by atoms with van der Waals surface area (Å²) < 4.78 is 38.2. The lowest BCUT2D eigenvalue weighted by molar-refractivity contribution is 0.171. The fourth-order valence-corrected chi connectivity index (χ4v) is 4.48. The third-order valence-electron chi connectivity index (χ3n) is 3.77. The maximum Gasteiger partial charge on any atom is 0.244 e. The van der Waals surface area contributed by atoms with Crippen molar-refractivity contribution in [1.82, 2.24) is 4.31 Å². The Labute approximate surface area is 146 Å². The first-order valence-electron chi connectivity index (χ1n) is 7.65. The molecule has 0 unspecified atom stereocenters. The first kappa shape index (κ1) is 17.1. The van der Waals surface area contributed by atoms with Crippen LogP contribution in [-0.4, -0.2) is 32.5 Å². The zero-order valence-corrected chi connectivity index (χ0v) is 14.8. The summed E-state index contributed by atoms with van der Waals surface area (Å²) in [5, 5.41) is 0.220. The maximum atomic E-state index is 12.9. The van der Waals surface area contributed by atoms with Gasteiger partial charge >= 0.3 is 0 Å². The Morgan fingerprint density at radius 1 is 1.08 bits per heavy atom. The number of fused-ring (bicyclic) bond motifs is 1. The number of hydrogen-bond acceptors (Lipinski definition) is 4. The van der Waals surface area contributed by atoms with Crippen molar-refractivity contribution in [3.63, 3.8) is 0 Å². The van der Waals surface area contributed by atoms with Crippen LogP contribution >= 0.6 is 11.6 Å². The van der Waals surface area contributed by atoms with Gasteiger partial charge in [0, 0.05) is 13.1 Å². The molecule has 0 amide bonds. The summed E-state index contributed by atoms with van der Waals surface area (Å²) in [4.78, 5) is 0.117. The summed E-state index contributed by atoms with van der Waals surface area (Å²) in [6.07, 6.45) is 0. The minimum absolute atomic E-state index is 0.117. The maximum absolute atomic E-state index is 12.9. The normalized spacial score (nSPS) is 14.0. The Kier molecular flexibility index (Phi) is 4.99. The summed E-state index contributed by atoms with van der Waals surface area (Å²) in [6.45, 7) is 3.38. The topological polar surface area (TPSA) is 55.8 Å². The molecular weight excluding hydrogens is 350 g/mol. The minimum atomic E-state index is -3.67. The molecule has 1 heterocycles. The molecule has 0 saturated carbocycles. The molecule has 0 spiro atoms. The highest BCUT2D eigenvalue weighted by atomic mass is 35.5. The second-order valence-electron chi connectivity index (χ2n) is 5.34. The van der Waals surface area contributed by atoms with E-state index in [-0.39, 0.29) is 16.5 Å². The molecule has 0 atom stereocenters. The van der Waals surface area contributed by atoms with Crippen LogP contribution in [0.1, 0.15) is 12.5 Å². The molecule has 1 aliphatic heterocycles. The van der Waals surface area contributed by atoms with E-state index < -0.39 is 10.0 Å². The quantitative estimate of drug-likeness (QED) is 0.813. The van der Waals surface area contributed by atoms with Gasteiger partial charge in [-0.3, -0.25) is 0 Å². The second-order valence-corrected chi connectivity index (χ2v) is 7.65. The zero-order chi connectivity index (χ0) is 17.2. The van der Waals surface area contributed by atoms with Crippen molar-refractivity contribution in [3.8, 4) is 11.5 Å². The van der Waals surface area contributed by atoms with Crippen molar-refractivity contribution in [2.24, 2.45) is 0 Å². The van der Waals surface area contributed by atoms with Gasteiger partial charge in [0.15, 0.2) is 11.5 Å². The predicted molar refractivity (Wildman–Crippen MR) is 92.2 cm³/mol. The van der Waals surface area contributed by atoms with Crippen molar-refractivity contribution in [3.05, 3.63) is 53.1 Å². The number of nitrogens with zero attached hydrogens (tertiary/aromatic N) is 1. The van der Waals surface area contributed by atoms with Crippen LogP contribution in [0.5, 0.6) is 11.5 Å². The molecule has 128 valence electrons. The number of sulfonamides is 1. The van der Waals surface area contributed by atoms with Gasteiger partial charge in [0.1, 0.15) is 18.1 Å². The van der Waals surface area contributed by atoms with Gasteiger partial charge in [-0.2, -0.15) is 4.31 Å². The van der Waals surface area contributed by atoms with Crippen LogP contribution in [0.2, 0.25) is 5.02 Å². The van der Waals surface area contributed by atoms with E-state index in [0.717, 1.165) is 5.56 Å². The fraction of sp³-hybridized carbons (Fsp3) is 0.294. The van der Waals surface area contributed by atoms with Gasteiger partial charge in [-0.1, -0.05) is 36.7 Å². The van der Waals surface area contributed by atoms with E-state index in [2.05, 4.69) is 0 Å². The number of ether oxygens (including phenoxy) is 2. The highest BCUT2D eigenvalue weighted by Crippen LogP contribution is 2.32. The molecule has 0 radical (unpaired) electrons. The number of hydrogen-bond donors (Lipinski definition) is 0. The van der Waals surface area contributed by atoms with E-state index in [4.69, 9.17) is 21.1 Å². The van der Waals surface area contributed by atoms with Crippen molar-refractivity contribution in [2.45, 2.75) is 18.4 Å². The molecule has 0 aliphatic carbocycles. The molecule has 5 nitrogen and oxygen atoms in total. The Morgan fingerprint density at radius 2 is 1.79 bits per heavy atom. The molecule has 7 heteroatoms. The number of halogens is 1. The molecule has 24 heavy (non-hydrogen) atoms. The molecule has 0 bridgehead atoms. The highest BCUT2D eigenvalue weighted by Gasteiger charge is 2.26. The first-order valence-corrected chi connectivity index (χ1v) is 9.47. The standard InChI is InChI=1S/C17H18ClNO4S/c1-2-19(24(20,21)17-6-4-3-5-14(17)18)12-13-7-8-15-16(11-13)23-10-9-22-15/h3-8,11H,2,9-10,12H2,1H3. The zero-order valence-electron chi connectivity index (χ0n) is 13.2. The van der Waals surface area contributed by atoms with Crippen molar-refractivity contribution >= 4 is 21.6 Å². The Bertz CT molecular complexity index is 838. The molecular formula is C17H18ClNO4S. The summed E-state index contributed by atoms with van der Waals surface area (Å²) in [5.74, 6) is 1.33. The summed E-state index contributed by atoms with van der Waals surface area (Å²) in [7, 11) is -3.67. The van der Waals surface area contributed by atoms with Crippen LogP contribution in [0.4, 0.5) is 0 Å². The lowest BCUT2D eigenvalue weighted by Gasteiger charge is -2.23. The highest BCUT2D eigenvalue weighted by molar-refractivity contribution is 7.89. The van der Waals surface area contributed by atoms with Crippen molar-refractivity contribution in [2.75, 3.05) is 19.8 Å². The summed E-state index contributed by atoms with van der Waals surface area (Å²) >= 11 is 6.07. The number of rotatable bonds is 5. The fourth-order valence-electron chi connectivity index (χ4n) is 2.55. The van der Waals surface area contributed by atoms with Gasteiger partial charge in [0.2, 0.25) is 10.0 Å². The molecule has 0 saturated heterocycles. The van der Waals surface area contributed by atoms with Crippen LogP contribution in [0.3, 0.4) is 0 Å². The van der Waals surface area contributed by atoms with Crippen LogP contribution < -0.4 is 9.47 Å². The van der Waals surface area contributed by atoms with Gasteiger partial charge < -0.3 is 9.47 Å². The van der Waals surface area contributed by atoms with Gasteiger partial charge in [-0.25, -0.2) is 8.42 Å². The molecule has 2 aromatic carbocycles. The Hall–Kier alpha value is -1.76. The minimum Gasteiger partial charge on any atom is -0.486 e. The Balaban J connectivity index is 1.88. The second kappa shape index (κ2) is 7.01. The Morgan fingerprint density at radius 3 is 2.50 bits per heavy atom. The van der Waals surface area contributed by atoms with E-state index in [1.54, 1.807) is 31.2 Å². The van der Waals surface area contributed by atoms with E-state index in [9.17, 15) is 8.42 Å². The van der Waals surface area contributed by atoms with E-state index in [1.165, 1.54) is 10.4 Å². The molecule has 0 aromatic heterocycles. The van der Waals surface area contributed by atoms with Crippen LogP contribution in [0.25, 0.3) is 0 Å². The van der Waals surface area contributed by atoms with Gasteiger partial charge in [0.05, 0.1) is 5.02 Å². The van der Waals surface area contributed by atoms with Crippen molar-refractivity contribution < 1.29 is 17.9 Å². The largest absolute Gasteiger partial charge is 0.486 e. The average molecular weight is 368 g/mol.